The third kappa shape index (κ3) is 5.36. The Morgan fingerprint density at radius 1 is 1.18 bits per heavy atom. The van der Waals surface area contributed by atoms with E-state index in [1.54, 1.807) is 7.05 Å². The minimum absolute atomic E-state index is 0.0605. The number of hydrogen-bond acceptors (Lipinski definition) is 5. The van der Waals surface area contributed by atoms with Gasteiger partial charge in [-0.1, -0.05) is 19.3 Å². The quantitative estimate of drug-likeness (QED) is 0.434. The van der Waals surface area contributed by atoms with Gasteiger partial charge in [0.05, 0.1) is 12.5 Å². The molecule has 3 aromatic rings. The van der Waals surface area contributed by atoms with Crippen molar-refractivity contribution < 1.29 is 14.7 Å². The number of carbonyl (C=O) groups excluding carboxylic acids is 1. The molecule has 33 heavy (non-hydrogen) atoms. The van der Waals surface area contributed by atoms with E-state index in [0.717, 1.165) is 5.69 Å². The highest BCUT2D eigenvalue weighted by atomic mass is 32.1. The third-order valence-electron chi connectivity index (χ3n) is 6.64. The largest absolute Gasteiger partial charge is 0.481 e. The minimum Gasteiger partial charge on any atom is -0.481 e. The monoisotopic (exact) mass is 465 g/mol. The van der Waals surface area contributed by atoms with E-state index in [0.29, 0.717) is 11.5 Å². The standard InChI is InChI=1S/C26H31N3O3S/c1-17-21-16-27-14-12-22(21)33-25(17)24(18-6-4-3-5-7-18)28-20-10-8-19(9-11-20)26(32)29(2)15-13-23(30)31/h8-12,14,16,18,24,28H,3-7,13,15H2,1-2H3,(H,30,31). The molecule has 0 spiro atoms. The van der Waals surface area contributed by atoms with Crippen molar-refractivity contribution in [1.29, 1.82) is 0 Å². The Morgan fingerprint density at radius 3 is 2.58 bits per heavy atom. The van der Waals surface area contributed by atoms with E-state index in [2.05, 4.69) is 23.3 Å². The molecule has 174 valence electrons. The predicted molar refractivity (Wildman–Crippen MR) is 133 cm³/mol. The van der Waals surface area contributed by atoms with E-state index < -0.39 is 5.97 Å². The van der Waals surface area contributed by atoms with Crippen molar-refractivity contribution in [3.05, 3.63) is 58.7 Å². The summed E-state index contributed by atoms with van der Waals surface area (Å²) in [6, 6.07) is 9.87. The number of aryl methyl sites for hydroxylation is 1. The number of carbonyl (C=O) groups is 2. The molecule has 7 heteroatoms. The van der Waals surface area contributed by atoms with Crippen LogP contribution in [0.5, 0.6) is 0 Å². The number of nitrogens with one attached hydrogen (secondary N) is 1. The van der Waals surface area contributed by atoms with Gasteiger partial charge in [0.15, 0.2) is 0 Å². The number of benzene rings is 1. The summed E-state index contributed by atoms with van der Waals surface area (Å²) in [6.07, 6.45) is 10.0. The van der Waals surface area contributed by atoms with E-state index in [9.17, 15) is 9.59 Å². The molecular formula is C26H31N3O3S. The van der Waals surface area contributed by atoms with E-state index >= 15 is 0 Å². The number of amides is 1. The van der Waals surface area contributed by atoms with Crippen LogP contribution in [0.3, 0.4) is 0 Å². The minimum atomic E-state index is -0.907. The number of rotatable bonds is 8. The molecule has 1 saturated carbocycles. The lowest BCUT2D eigenvalue weighted by molar-refractivity contribution is -0.137. The maximum atomic E-state index is 12.6. The number of aromatic nitrogens is 1. The number of carboxylic acids is 1. The third-order valence-corrected chi connectivity index (χ3v) is 8.00. The van der Waals surface area contributed by atoms with Gasteiger partial charge in [-0.3, -0.25) is 14.6 Å². The molecule has 1 unspecified atom stereocenters. The topological polar surface area (TPSA) is 82.5 Å². The second-order valence-electron chi connectivity index (χ2n) is 8.93. The molecule has 1 atom stereocenters. The first-order valence-corrected chi connectivity index (χ1v) is 12.4. The van der Waals surface area contributed by atoms with Crippen LogP contribution in [0.15, 0.2) is 42.7 Å². The van der Waals surface area contributed by atoms with Crippen LogP contribution in [-0.4, -0.2) is 40.5 Å². The molecule has 6 nitrogen and oxygen atoms in total. The maximum Gasteiger partial charge on any atom is 0.305 e. The van der Waals surface area contributed by atoms with Gasteiger partial charge >= 0.3 is 5.97 Å². The Morgan fingerprint density at radius 2 is 1.91 bits per heavy atom. The first-order chi connectivity index (χ1) is 15.9. The molecule has 1 aromatic carbocycles. The lowest BCUT2D eigenvalue weighted by Gasteiger charge is -2.32. The lowest BCUT2D eigenvalue weighted by Crippen LogP contribution is -2.29. The Kier molecular flexibility index (Phi) is 7.28. The number of aliphatic carboxylic acids is 1. The average Bonchev–Trinajstić information content (AvgIpc) is 3.17. The van der Waals surface area contributed by atoms with Crippen LogP contribution in [0.2, 0.25) is 0 Å². The lowest BCUT2D eigenvalue weighted by atomic mass is 9.82. The van der Waals surface area contributed by atoms with Crippen molar-refractivity contribution in [3.63, 3.8) is 0 Å². The SMILES string of the molecule is Cc1c(C(Nc2ccc(C(=O)N(C)CCC(=O)O)cc2)C2CCCCC2)sc2ccncc12. The fraction of sp³-hybridized carbons (Fsp3) is 0.423. The van der Waals surface area contributed by atoms with Crippen molar-refractivity contribution in [2.24, 2.45) is 5.92 Å². The van der Waals surface area contributed by atoms with Crippen LogP contribution < -0.4 is 5.32 Å². The summed E-state index contributed by atoms with van der Waals surface area (Å²) >= 11 is 1.85. The van der Waals surface area contributed by atoms with Crippen LogP contribution in [0.4, 0.5) is 5.69 Å². The van der Waals surface area contributed by atoms with E-state index in [4.69, 9.17) is 5.11 Å². The normalized spacial score (nSPS) is 15.3. The number of hydrogen-bond donors (Lipinski definition) is 2. The fourth-order valence-corrected chi connectivity index (χ4v) is 6.04. The van der Waals surface area contributed by atoms with Crippen LogP contribution in [0.1, 0.15) is 65.4 Å². The summed E-state index contributed by atoms with van der Waals surface area (Å²) in [6.45, 7) is 2.39. The van der Waals surface area contributed by atoms with Gasteiger partial charge in [0, 0.05) is 52.2 Å². The van der Waals surface area contributed by atoms with Gasteiger partial charge in [-0.2, -0.15) is 0 Å². The molecule has 0 radical (unpaired) electrons. The van der Waals surface area contributed by atoms with Crippen molar-refractivity contribution in [1.82, 2.24) is 9.88 Å². The van der Waals surface area contributed by atoms with Crippen molar-refractivity contribution in [2.45, 2.75) is 51.5 Å². The van der Waals surface area contributed by atoms with Crippen LogP contribution >= 0.6 is 11.3 Å². The summed E-state index contributed by atoms with van der Waals surface area (Å²) in [5.74, 6) is -0.503. The summed E-state index contributed by atoms with van der Waals surface area (Å²) in [5.41, 5.74) is 2.86. The Hall–Kier alpha value is -2.93. The Labute approximate surface area is 198 Å². The van der Waals surface area contributed by atoms with E-state index in [1.807, 2.05) is 48.0 Å². The average molecular weight is 466 g/mol. The highest BCUT2D eigenvalue weighted by molar-refractivity contribution is 7.19. The molecule has 1 fully saturated rings. The summed E-state index contributed by atoms with van der Waals surface area (Å²) in [5, 5.41) is 13.9. The zero-order valence-electron chi connectivity index (χ0n) is 19.2. The van der Waals surface area contributed by atoms with Crippen LogP contribution in [-0.2, 0) is 4.79 Å². The first-order valence-electron chi connectivity index (χ1n) is 11.6. The smallest absolute Gasteiger partial charge is 0.305 e. The maximum absolute atomic E-state index is 12.6. The molecule has 0 aliphatic heterocycles. The molecule has 1 aliphatic carbocycles. The summed E-state index contributed by atoms with van der Waals surface area (Å²) in [7, 11) is 1.63. The summed E-state index contributed by atoms with van der Waals surface area (Å²) in [4.78, 5) is 30.6. The number of thiophene rings is 1. The molecule has 4 rings (SSSR count). The first kappa shape index (κ1) is 23.2. The van der Waals surface area contributed by atoms with Gasteiger partial charge in [-0.15, -0.1) is 11.3 Å². The number of carboxylic acid groups (broad SMARTS) is 1. The number of fused-ring (bicyclic) bond motifs is 1. The van der Waals surface area contributed by atoms with E-state index in [-0.39, 0.29) is 24.9 Å². The number of pyridine rings is 1. The highest BCUT2D eigenvalue weighted by Gasteiger charge is 2.28. The second kappa shape index (κ2) is 10.3. The fourth-order valence-electron chi connectivity index (χ4n) is 4.72. The zero-order chi connectivity index (χ0) is 23.4. The van der Waals surface area contributed by atoms with Gasteiger partial charge < -0.3 is 15.3 Å². The molecule has 1 aliphatic rings. The number of anilines is 1. The van der Waals surface area contributed by atoms with Crippen LogP contribution in [0.25, 0.3) is 10.1 Å². The molecular weight excluding hydrogens is 434 g/mol. The van der Waals surface area contributed by atoms with Crippen molar-refractivity contribution in [2.75, 3.05) is 18.9 Å². The highest BCUT2D eigenvalue weighted by Crippen LogP contribution is 2.43. The molecule has 0 saturated heterocycles. The Bertz CT molecular complexity index is 1120. The van der Waals surface area contributed by atoms with Gasteiger partial charge in [-0.25, -0.2) is 0 Å². The number of nitrogens with zero attached hydrogens (tertiary/aromatic N) is 2. The van der Waals surface area contributed by atoms with Gasteiger partial charge in [0.1, 0.15) is 0 Å². The zero-order valence-corrected chi connectivity index (χ0v) is 20.0. The van der Waals surface area contributed by atoms with E-state index in [1.165, 1.54) is 57.5 Å². The van der Waals surface area contributed by atoms with Gasteiger partial charge in [0.25, 0.3) is 5.91 Å². The molecule has 0 bridgehead atoms. The predicted octanol–water partition coefficient (Wildman–Crippen LogP) is 5.88. The van der Waals surface area contributed by atoms with Gasteiger partial charge in [-0.05, 0) is 61.6 Å². The Balaban J connectivity index is 1.55. The van der Waals surface area contributed by atoms with Crippen molar-refractivity contribution >= 4 is 39.0 Å². The molecule has 1 amide bonds. The summed E-state index contributed by atoms with van der Waals surface area (Å²) < 4.78 is 1.27. The molecule has 2 N–H and O–H groups in total. The molecule has 2 heterocycles. The van der Waals surface area contributed by atoms with Gasteiger partial charge in [0.2, 0.25) is 0 Å². The van der Waals surface area contributed by atoms with Crippen molar-refractivity contribution in [3.8, 4) is 0 Å². The van der Waals surface area contributed by atoms with Crippen LogP contribution in [0, 0.1) is 12.8 Å². The second-order valence-corrected chi connectivity index (χ2v) is 10.0. The molecule has 2 aromatic heterocycles.